The first kappa shape index (κ1) is 12.0. The number of ether oxygens (including phenoxy) is 1. The SMILES string of the molecule is Cc1cccc(C(=O)c2ccc3c(c2)CCCO3)c1. The summed E-state index contributed by atoms with van der Waals surface area (Å²) in [6.45, 7) is 2.77. The number of aryl methyl sites for hydroxylation is 2. The maximum atomic E-state index is 12.4. The molecule has 0 saturated carbocycles. The second-order valence-electron chi connectivity index (χ2n) is 4.97. The van der Waals surface area contributed by atoms with Crippen molar-refractivity contribution in [1.29, 1.82) is 0 Å². The van der Waals surface area contributed by atoms with Gasteiger partial charge in [-0.15, -0.1) is 0 Å². The molecular formula is C17H16O2. The van der Waals surface area contributed by atoms with Crippen LogP contribution in [0.1, 0.15) is 33.5 Å². The molecule has 1 aliphatic rings. The Labute approximate surface area is 113 Å². The van der Waals surface area contributed by atoms with Crippen molar-refractivity contribution in [2.24, 2.45) is 0 Å². The highest BCUT2D eigenvalue weighted by Gasteiger charge is 2.14. The van der Waals surface area contributed by atoms with Gasteiger partial charge in [-0.1, -0.05) is 23.8 Å². The Balaban J connectivity index is 1.96. The van der Waals surface area contributed by atoms with E-state index in [1.54, 1.807) is 0 Å². The number of hydrogen-bond donors (Lipinski definition) is 0. The number of rotatable bonds is 2. The first-order valence-corrected chi connectivity index (χ1v) is 6.61. The summed E-state index contributed by atoms with van der Waals surface area (Å²) in [6.07, 6.45) is 2.01. The van der Waals surface area contributed by atoms with Crippen LogP contribution in [0.25, 0.3) is 0 Å². The Morgan fingerprint density at radius 1 is 1.11 bits per heavy atom. The van der Waals surface area contributed by atoms with Crippen molar-refractivity contribution in [1.82, 2.24) is 0 Å². The zero-order chi connectivity index (χ0) is 13.2. The van der Waals surface area contributed by atoms with Gasteiger partial charge in [0.2, 0.25) is 0 Å². The fourth-order valence-corrected chi connectivity index (χ4v) is 2.45. The fraction of sp³-hybridized carbons (Fsp3) is 0.235. The lowest BCUT2D eigenvalue weighted by molar-refractivity contribution is 0.103. The Kier molecular flexibility index (Phi) is 3.08. The smallest absolute Gasteiger partial charge is 0.193 e. The molecule has 1 aliphatic heterocycles. The van der Waals surface area contributed by atoms with Crippen LogP contribution < -0.4 is 4.74 Å². The van der Waals surface area contributed by atoms with E-state index in [1.807, 2.05) is 49.4 Å². The van der Waals surface area contributed by atoms with Crippen LogP contribution in [0.5, 0.6) is 5.75 Å². The molecule has 0 amide bonds. The summed E-state index contributed by atoms with van der Waals surface area (Å²) in [5.41, 5.74) is 3.74. The van der Waals surface area contributed by atoms with E-state index in [4.69, 9.17) is 4.74 Å². The minimum atomic E-state index is 0.0806. The van der Waals surface area contributed by atoms with Crippen molar-refractivity contribution >= 4 is 5.78 Å². The predicted molar refractivity (Wildman–Crippen MR) is 74.9 cm³/mol. The van der Waals surface area contributed by atoms with Gasteiger partial charge in [0, 0.05) is 11.1 Å². The summed E-state index contributed by atoms with van der Waals surface area (Å²) in [5, 5.41) is 0. The predicted octanol–water partition coefficient (Wildman–Crippen LogP) is 3.55. The van der Waals surface area contributed by atoms with Crippen LogP contribution in [-0.4, -0.2) is 12.4 Å². The molecule has 2 aromatic carbocycles. The zero-order valence-electron chi connectivity index (χ0n) is 11.0. The molecule has 3 rings (SSSR count). The van der Waals surface area contributed by atoms with E-state index in [0.29, 0.717) is 0 Å². The fourth-order valence-electron chi connectivity index (χ4n) is 2.45. The molecule has 2 aromatic rings. The van der Waals surface area contributed by atoms with Gasteiger partial charge in [0.1, 0.15) is 5.75 Å². The molecule has 0 atom stereocenters. The molecule has 2 nitrogen and oxygen atoms in total. The van der Waals surface area contributed by atoms with Crippen molar-refractivity contribution in [3.63, 3.8) is 0 Å². The summed E-state index contributed by atoms with van der Waals surface area (Å²) >= 11 is 0. The van der Waals surface area contributed by atoms with Gasteiger partial charge in [-0.3, -0.25) is 4.79 Å². The zero-order valence-corrected chi connectivity index (χ0v) is 11.0. The van der Waals surface area contributed by atoms with E-state index in [2.05, 4.69) is 0 Å². The molecule has 0 spiro atoms. The summed E-state index contributed by atoms with van der Waals surface area (Å²) < 4.78 is 5.57. The van der Waals surface area contributed by atoms with Crippen molar-refractivity contribution in [3.05, 3.63) is 64.7 Å². The van der Waals surface area contributed by atoms with E-state index in [-0.39, 0.29) is 5.78 Å². The maximum absolute atomic E-state index is 12.4. The highest BCUT2D eigenvalue weighted by Crippen LogP contribution is 2.26. The van der Waals surface area contributed by atoms with Crippen LogP contribution in [0.15, 0.2) is 42.5 Å². The van der Waals surface area contributed by atoms with Gasteiger partial charge >= 0.3 is 0 Å². The lowest BCUT2D eigenvalue weighted by Gasteiger charge is -2.17. The Bertz CT molecular complexity index is 629. The Morgan fingerprint density at radius 2 is 1.95 bits per heavy atom. The molecule has 0 aromatic heterocycles. The molecule has 19 heavy (non-hydrogen) atoms. The Hall–Kier alpha value is -2.09. The number of hydrogen-bond acceptors (Lipinski definition) is 2. The van der Waals surface area contributed by atoms with Crippen LogP contribution in [0, 0.1) is 6.92 Å². The first-order chi connectivity index (χ1) is 9.24. The van der Waals surface area contributed by atoms with Gasteiger partial charge < -0.3 is 4.74 Å². The minimum Gasteiger partial charge on any atom is -0.493 e. The second-order valence-corrected chi connectivity index (χ2v) is 4.97. The van der Waals surface area contributed by atoms with Crippen LogP contribution in [0.4, 0.5) is 0 Å². The molecule has 0 radical (unpaired) electrons. The molecule has 0 aliphatic carbocycles. The van der Waals surface area contributed by atoms with Gasteiger partial charge in [0.25, 0.3) is 0 Å². The largest absolute Gasteiger partial charge is 0.493 e. The van der Waals surface area contributed by atoms with E-state index in [9.17, 15) is 4.79 Å². The van der Waals surface area contributed by atoms with Crippen LogP contribution in [0.3, 0.4) is 0 Å². The van der Waals surface area contributed by atoms with Gasteiger partial charge in [0.15, 0.2) is 5.78 Å². The standard InChI is InChI=1S/C17H16O2/c1-12-4-2-5-14(10-12)17(18)15-7-8-16-13(11-15)6-3-9-19-16/h2,4-5,7-8,10-11H,3,6,9H2,1H3. The van der Waals surface area contributed by atoms with E-state index in [1.165, 1.54) is 0 Å². The summed E-state index contributed by atoms with van der Waals surface area (Å²) in [6, 6.07) is 13.5. The monoisotopic (exact) mass is 252 g/mol. The summed E-state index contributed by atoms with van der Waals surface area (Å²) in [5.74, 6) is 1.00. The molecule has 0 N–H and O–H groups in total. The Morgan fingerprint density at radius 3 is 2.79 bits per heavy atom. The summed E-state index contributed by atoms with van der Waals surface area (Å²) in [4.78, 5) is 12.4. The quantitative estimate of drug-likeness (QED) is 0.764. The van der Waals surface area contributed by atoms with Crippen LogP contribution >= 0.6 is 0 Å². The third-order valence-corrected chi connectivity index (χ3v) is 3.45. The van der Waals surface area contributed by atoms with E-state index < -0.39 is 0 Å². The first-order valence-electron chi connectivity index (χ1n) is 6.61. The molecule has 0 bridgehead atoms. The topological polar surface area (TPSA) is 26.3 Å². The highest BCUT2D eigenvalue weighted by atomic mass is 16.5. The summed E-state index contributed by atoms with van der Waals surface area (Å²) in [7, 11) is 0. The van der Waals surface area contributed by atoms with E-state index in [0.717, 1.165) is 47.5 Å². The third-order valence-electron chi connectivity index (χ3n) is 3.45. The maximum Gasteiger partial charge on any atom is 0.193 e. The molecule has 96 valence electrons. The molecule has 2 heteroatoms. The van der Waals surface area contributed by atoms with Crippen LogP contribution in [0.2, 0.25) is 0 Å². The van der Waals surface area contributed by atoms with Gasteiger partial charge in [0.05, 0.1) is 6.61 Å². The number of carbonyl (C=O) groups excluding carboxylic acids is 1. The molecule has 1 heterocycles. The molecule has 0 fully saturated rings. The van der Waals surface area contributed by atoms with E-state index >= 15 is 0 Å². The lowest BCUT2D eigenvalue weighted by atomic mass is 9.97. The number of ketones is 1. The second kappa shape index (κ2) is 4.88. The average molecular weight is 252 g/mol. The third kappa shape index (κ3) is 2.39. The minimum absolute atomic E-state index is 0.0806. The molecule has 0 saturated heterocycles. The van der Waals surface area contributed by atoms with Crippen molar-refractivity contribution in [3.8, 4) is 5.75 Å². The molecular weight excluding hydrogens is 236 g/mol. The number of benzene rings is 2. The van der Waals surface area contributed by atoms with Crippen molar-refractivity contribution in [2.75, 3.05) is 6.61 Å². The highest BCUT2D eigenvalue weighted by molar-refractivity contribution is 6.09. The van der Waals surface area contributed by atoms with Crippen molar-refractivity contribution < 1.29 is 9.53 Å². The number of fused-ring (bicyclic) bond motifs is 1. The normalized spacial score (nSPS) is 13.5. The van der Waals surface area contributed by atoms with Crippen molar-refractivity contribution in [2.45, 2.75) is 19.8 Å². The molecule has 0 unspecified atom stereocenters. The van der Waals surface area contributed by atoms with Gasteiger partial charge in [-0.25, -0.2) is 0 Å². The lowest BCUT2D eigenvalue weighted by Crippen LogP contribution is -2.10. The van der Waals surface area contributed by atoms with Gasteiger partial charge in [-0.05, 0) is 49.6 Å². The average Bonchev–Trinajstić information content (AvgIpc) is 2.46. The number of carbonyl (C=O) groups is 1. The van der Waals surface area contributed by atoms with Gasteiger partial charge in [-0.2, -0.15) is 0 Å². The van der Waals surface area contributed by atoms with Crippen LogP contribution in [-0.2, 0) is 6.42 Å².